The number of hydrogen-bond acceptors (Lipinski definition) is 5. The van der Waals surface area contributed by atoms with Crippen LogP contribution in [0, 0.1) is 0 Å². The first-order valence-electron chi connectivity index (χ1n) is 26.1. The van der Waals surface area contributed by atoms with E-state index in [1.807, 2.05) is 60.8 Å². The largest absolute Gasteiger partial charge is 0.462 e. The van der Waals surface area contributed by atoms with Gasteiger partial charge in [0, 0.05) is 6.42 Å². The van der Waals surface area contributed by atoms with Gasteiger partial charge < -0.3 is 20.3 Å². The van der Waals surface area contributed by atoms with Gasteiger partial charge in [-0.3, -0.25) is 9.59 Å². The molecule has 0 aromatic heterocycles. The summed E-state index contributed by atoms with van der Waals surface area (Å²) in [5, 5.41) is 23.7. The number of aliphatic hydroxyl groups excluding tert-OH is 2. The number of amides is 1. The highest BCUT2D eigenvalue weighted by atomic mass is 16.5. The van der Waals surface area contributed by atoms with Crippen LogP contribution in [-0.4, -0.2) is 46.9 Å². The second kappa shape index (κ2) is 49.8. The second-order valence-electron chi connectivity index (χ2n) is 17.4. The van der Waals surface area contributed by atoms with Crippen LogP contribution >= 0.6 is 0 Å². The third-order valence-electron chi connectivity index (χ3n) is 11.3. The number of unbranched alkanes of at least 4 members (excludes halogenated alkanes) is 23. The van der Waals surface area contributed by atoms with Gasteiger partial charge in [0.2, 0.25) is 5.91 Å². The van der Waals surface area contributed by atoms with Crippen LogP contribution in [-0.2, 0) is 14.3 Å². The molecule has 0 spiro atoms. The maximum absolute atomic E-state index is 13.2. The summed E-state index contributed by atoms with van der Waals surface area (Å²) < 4.78 is 5.89. The molecule has 0 saturated heterocycles. The molecule has 0 heterocycles. The van der Waals surface area contributed by atoms with E-state index in [0.29, 0.717) is 19.3 Å². The molecular formula is C57H97NO5. The minimum atomic E-state index is -0.815. The van der Waals surface area contributed by atoms with Crippen molar-refractivity contribution in [2.24, 2.45) is 0 Å². The molecule has 0 radical (unpaired) electrons. The highest BCUT2D eigenvalue weighted by Gasteiger charge is 2.24. The van der Waals surface area contributed by atoms with E-state index < -0.39 is 18.2 Å². The van der Waals surface area contributed by atoms with Gasteiger partial charge in [-0.1, -0.05) is 246 Å². The molecule has 0 bridgehead atoms. The molecule has 0 aromatic carbocycles. The molecule has 63 heavy (non-hydrogen) atoms. The normalized spacial score (nSPS) is 14.0. The third kappa shape index (κ3) is 45.2. The Morgan fingerprint density at radius 3 is 1.35 bits per heavy atom. The van der Waals surface area contributed by atoms with Gasteiger partial charge in [-0.05, 0) is 64.2 Å². The molecular weight excluding hydrogens is 779 g/mol. The lowest BCUT2D eigenvalue weighted by molar-refractivity contribution is -0.151. The zero-order chi connectivity index (χ0) is 45.9. The van der Waals surface area contributed by atoms with E-state index in [9.17, 15) is 19.8 Å². The SMILES string of the molecule is CC\C=C/C=C/C=C/C=C\C=C\C=C\CCCC(CC(=O)NC(CO)C(O)CCCCCCCCCCCCC)OC(=O)CCCCCCC/C=C/C=C/CCCCCCCCC. The molecule has 6 heteroatoms. The van der Waals surface area contributed by atoms with Crippen LogP contribution in [0.2, 0.25) is 0 Å². The maximum Gasteiger partial charge on any atom is 0.306 e. The van der Waals surface area contributed by atoms with Gasteiger partial charge in [0.15, 0.2) is 0 Å². The number of hydrogen-bond donors (Lipinski definition) is 3. The summed E-state index contributed by atoms with van der Waals surface area (Å²) in [6.45, 7) is 6.29. The number of nitrogens with one attached hydrogen (secondary N) is 1. The van der Waals surface area contributed by atoms with Crippen molar-refractivity contribution < 1.29 is 24.5 Å². The minimum absolute atomic E-state index is 0.0151. The van der Waals surface area contributed by atoms with Crippen molar-refractivity contribution in [2.75, 3.05) is 6.61 Å². The van der Waals surface area contributed by atoms with E-state index in [1.54, 1.807) is 0 Å². The third-order valence-corrected chi connectivity index (χ3v) is 11.3. The Hall–Kier alpha value is -3.22. The average Bonchev–Trinajstić information content (AvgIpc) is 3.28. The van der Waals surface area contributed by atoms with E-state index in [4.69, 9.17) is 4.74 Å². The van der Waals surface area contributed by atoms with Crippen molar-refractivity contribution in [2.45, 2.75) is 244 Å². The predicted molar refractivity (Wildman–Crippen MR) is 273 cm³/mol. The number of esters is 1. The van der Waals surface area contributed by atoms with Crippen molar-refractivity contribution in [3.8, 4) is 0 Å². The zero-order valence-corrected chi connectivity index (χ0v) is 40.9. The van der Waals surface area contributed by atoms with Crippen molar-refractivity contribution in [1.29, 1.82) is 0 Å². The lowest BCUT2D eigenvalue weighted by Crippen LogP contribution is -2.46. The van der Waals surface area contributed by atoms with Crippen LogP contribution in [0.3, 0.4) is 0 Å². The Labute approximate surface area is 388 Å². The summed E-state index contributed by atoms with van der Waals surface area (Å²) in [5.41, 5.74) is 0. The van der Waals surface area contributed by atoms with E-state index in [2.05, 4.69) is 62.5 Å². The van der Waals surface area contributed by atoms with Crippen molar-refractivity contribution >= 4 is 11.9 Å². The standard InChI is InChI=1S/C57H97NO5/c1-4-7-10-13-16-19-22-24-26-27-28-30-32-35-38-41-44-47-50-57(62)63-53(48-45-42-39-36-34-31-29-25-23-20-17-14-11-8-5-2)51-56(61)58-54(52-59)55(60)49-46-43-40-37-33-21-18-15-12-9-6-3/h8,11,14,17,20,23,25-31,34,36,39,53-55,59-60H,4-7,9-10,12-13,15-16,18-19,21-22,24,32-33,35,37-38,40-52H2,1-3H3,(H,58,61)/b11-8-,17-14+,23-20+,27-26+,29-25-,30-28+,34-31+,39-36+. The smallest absolute Gasteiger partial charge is 0.306 e. The zero-order valence-electron chi connectivity index (χ0n) is 40.9. The first-order valence-corrected chi connectivity index (χ1v) is 26.1. The molecule has 0 rings (SSSR count). The molecule has 360 valence electrons. The average molecular weight is 876 g/mol. The Bertz CT molecular complexity index is 1260. The van der Waals surface area contributed by atoms with Crippen LogP contribution in [0.1, 0.15) is 226 Å². The number of carbonyl (C=O) groups excluding carboxylic acids is 2. The lowest BCUT2D eigenvalue weighted by Gasteiger charge is -2.24. The van der Waals surface area contributed by atoms with Crippen LogP contribution in [0.15, 0.2) is 97.2 Å². The maximum atomic E-state index is 13.2. The number of rotatable bonds is 45. The molecule has 0 aromatic rings. The molecule has 0 aliphatic rings. The van der Waals surface area contributed by atoms with Crippen LogP contribution < -0.4 is 5.32 Å². The van der Waals surface area contributed by atoms with Gasteiger partial charge in [-0.2, -0.15) is 0 Å². The second-order valence-corrected chi connectivity index (χ2v) is 17.4. The molecule has 0 aliphatic heterocycles. The molecule has 3 atom stereocenters. The summed E-state index contributed by atoms with van der Waals surface area (Å²) in [4.78, 5) is 26.1. The first kappa shape index (κ1) is 59.8. The summed E-state index contributed by atoms with van der Waals surface area (Å²) in [6.07, 6.45) is 66.1. The van der Waals surface area contributed by atoms with E-state index in [1.165, 1.54) is 103 Å². The van der Waals surface area contributed by atoms with Gasteiger partial charge in [0.1, 0.15) is 6.10 Å². The Morgan fingerprint density at radius 2 is 0.873 bits per heavy atom. The number of ether oxygens (including phenoxy) is 1. The number of carbonyl (C=O) groups is 2. The van der Waals surface area contributed by atoms with Gasteiger partial charge in [0.25, 0.3) is 0 Å². The number of allylic oxidation sites excluding steroid dienone is 16. The lowest BCUT2D eigenvalue weighted by atomic mass is 10.0. The Balaban J connectivity index is 4.75. The number of aliphatic hydroxyl groups is 2. The molecule has 0 fully saturated rings. The van der Waals surface area contributed by atoms with Gasteiger partial charge in [0.05, 0.1) is 25.2 Å². The molecule has 0 saturated carbocycles. The fourth-order valence-corrected chi connectivity index (χ4v) is 7.40. The molecule has 3 N–H and O–H groups in total. The molecule has 3 unspecified atom stereocenters. The van der Waals surface area contributed by atoms with Crippen LogP contribution in [0.4, 0.5) is 0 Å². The fraction of sp³-hybridized carbons (Fsp3) is 0.684. The first-order chi connectivity index (χ1) is 31.0. The molecule has 0 aliphatic carbocycles. The highest BCUT2D eigenvalue weighted by Crippen LogP contribution is 2.16. The monoisotopic (exact) mass is 876 g/mol. The van der Waals surface area contributed by atoms with Gasteiger partial charge >= 0.3 is 5.97 Å². The van der Waals surface area contributed by atoms with E-state index in [0.717, 1.165) is 77.0 Å². The van der Waals surface area contributed by atoms with Gasteiger partial charge in [-0.25, -0.2) is 0 Å². The van der Waals surface area contributed by atoms with Gasteiger partial charge in [-0.15, -0.1) is 0 Å². The molecule has 1 amide bonds. The summed E-state index contributed by atoms with van der Waals surface area (Å²) in [5.74, 6) is -0.573. The summed E-state index contributed by atoms with van der Waals surface area (Å²) >= 11 is 0. The Kier molecular flexibility index (Phi) is 47.2. The highest BCUT2D eigenvalue weighted by molar-refractivity contribution is 5.77. The van der Waals surface area contributed by atoms with Crippen LogP contribution in [0.5, 0.6) is 0 Å². The van der Waals surface area contributed by atoms with E-state index in [-0.39, 0.29) is 24.9 Å². The summed E-state index contributed by atoms with van der Waals surface area (Å²) in [7, 11) is 0. The van der Waals surface area contributed by atoms with Crippen molar-refractivity contribution in [3.05, 3.63) is 97.2 Å². The Morgan fingerprint density at radius 1 is 0.476 bits per heavy atom. The van der Waals surface area contributed by atoms with Crippen molar-refractivity contribution in [1.82, 2.24) is 5.32 Å². The van der Waals surface area contributed by atoms with E-state index >= 15 is 0 Å². The van der Waals surface area contributed by atoms with Crippen molar-refractivity contribution in [3.63, 3.8) is 0 Å². The quantitative estimate of drug-likeness (QED) is 0.0322. The minimum Gasteiger partial charge on any atom is -0.462 e. The predicted octanol–water partition coefficient (Wildman–Crippen LogP) is 15.7. The topological polar surface area (TPSA) is 95.9 Å². The summed E-state index contributed by atoms with van der Waals surface area (Å²) in [6, 6.07) is -0.734. The van der Waals surface area contributed by atoms with Crippen LogP contribution in [0.25, 0.3) is 0 Å². The molecule has 6 nitrogen and oxygen atoms in total. The fourth-order valence-electron chi connectivity index (χ4n) is 7.40.